The molecule has 0 aliphatic carbocycles. The van der Waals surface area contributed by atoms with E-state index in [9.17, 15) is 4.79 Å². The summed E-state index contributed by atoms with van der Waals surface area (Å²) in [6.45, 7) is 1.90. The van der Waals surface area contributed by atoms with Crippen LogP contribution in [0.4, 0.5) is 4.79 Å². The van der Waals surface area contributed by atoms with Gasteiger partial charge in [-0.25, -0.2) is 4.79 Å². The molecular weight excluding hydrogens is 170 g/mol. The third-order valence-electron chi connectivity index (χ3n) is 1.60. The maximum Gasteiger partial charge on any atom is 0.409 e. The molecule has 4 nitrogen and oxygen atoms in total. The first-order chi connectivity index (χ1) is 6.13. The summed E-state index contributed by atoms with van der Waals surface area (Å²) in [4.78, 5) is 10.4. The Labute approximate surface area is 76.3 Å². The summed E-state index contributed by atoms with van der Waals surface area (Å²) in [5.41, 5.74) is 5.82. The first-order valence-electron chi connectivity index (χ1n) is 3.75. The van der Waals surface area contributed by atoms with Gasteiger partial charge in [0.2, 0.25) is 0 Å². The zero-order chi connectivity index (χ0) is 9.84. The second-order valence-electron chi connectivity index (χ2n) is 2.55. The van der Waals surface area contributed by atoms with E-state index in [1.165, 1.54) is 0 Å². The van der Waals surface area contributed by atoms with Crippen molar-refractivity contribution >= 4 is 6.09 Å². The number of aryl methyl sites for hydroxylation is 1. The molecule has 13 heavy (non-hydrogen) atoms. The zero-order valence-corrected chi connectivity index (χ0v) is 7.53. The highest BCUT2D eigenvalue weighted by Crippen LogP contribution is 2.23. The van der Waals surface area contributed by atoms with E-state index in [2.05, 4.69) is 4.74 Å². The van der Waals surface area contributed by atoms with Gasteiger partial charge in [-0.1, -0.05) is 6.07 Å². The normalized spacial score (nSPS) is 9.38. The largest absolute Gasteiger partial charge is 0.496 e. The number of rotatable bonds is 2. The molecule has 0 fully saturated rings. The molecule has 0 aromatic heterocycles. The van der Waals surface area contributed by atoms with E-state index in [4.69, 9.17) is 10.5 Å². The molecular formula is C9H11NO3. The van der Waals surface area contributed by atoms with Crippen molar-refractivity contribution in [1.82, 2.24) is 0 Å². The highest BCUT2D eigenvalue weighted by Gasteiger charge is 2.02. The van der Waals surface area contributed by atoms with E-state index in [-0.39, 0.29) is 0 Å². The average molecular weight is 181 g/mol. The summed E-state index contributed by atoms with van der Waals surface area (Å²) in [6, 6.07) is 5.06. The molecule has 0 unspecified atom stereocenters. The molecule has 70 valence electrons. The minimum atomic E-state index is -0.828. The Hall–Kier alpha value is -1.71. The van der Waals surface area contributed by atoms with Gasteiger partial charge in [-0.15, -0.1) is 0 Å². The molecule has 1 aromatic rings. The van der Waals surface area contributed by atoms with Gasteiger partial charge in [0.1, 0.15) is 11.5 Å². The van der Waals surface area contributed by atoms with E-state index in [0.717, 1.165) is 5.56 Å². The Morgan fingerprint density at radius 2 is 2.15 bits per heavy atom. The van der Waals surface area contributed by atoms with Gasteiger partial charge >= 0.3 is 6.09 Å². The molecule has 0 spiro atoms. The first kappa shape index (κ1) is 9.38. The number of methoxy groups -OCH3 is 1. The fourth-order valence-electron chi connectivity index (χ4n) is 0.980. The molecule has 0 bridgehead atoms. The quantitative estimate of drug-likeness (QED) is 0.751. The number of primary amides is 1. The van der Waals surface area contributed by atoms with Crippen LogP contribution in [0.15, 0.2) is 18.2 Å². The molecule has 0 aliphatic rings. The van der Waals surface area contributed by atoms with Crippen LogP contribution in [-0.2, 0) is 0 Å². The van der Waals surface area contributed by atoms with Crippen molar-refractivity contribution in [2.45, 2.75) is 6.92 Å². The predicted molar refractivity (Wildman–Crippen MR) is 47.9 cm³/mol. The standard InChI is InChI=1S/C9H11NO3/c1-6-3-4-7(13-9(10)11)5-8(6)12-2/h3-5H,1-2H3,(H2,10,11). The van der Waals surface area contributed by atoms with Crippen molar-refractivity contribution in [3.63, 3.8) is 0 Å². The predicted octanol–water partition coefficient (Wildman–Crippen LogP) is 1.46. The second-order valence-corrected chi connectivity index (χ2v) is 2.55. The van der Waals surface area contributed by atoms with Crippen LogP contribution >= 0.6 is 0 Å². The molecule has 2 N–H and O–H groups in total. The number of hydrogen-bond donors (Lipinski definition) is 1. The molecule has 0 saturated carbocycles. The number of ether oxygens (including phenoxy) is 2. The molecule has 0 atom stereocenters. The van der Waals surface area contributed by atoms with Crippen LogP contribution in [0, 0.1) is 6.92 Å². The molecule has 4 heteroatoms. The Balaban J connectivity index is 2.92. The van der Waals surface area contributed by atoms with Crippen LogP contribution in [-0.4, -0.2) is 13.2 Å². The molecule has 1 rings (SSSR count). The number of amides is 1. The minimum Gasteiger partial charge on any atom is -0.496 e. The highest BCUT2D eigenvalue weighted by molar-refractivity contribution is 5.68. The van der Waals surface area contributed by atoms with E-state index in [0.29, 0.717) is 11.5 Å². The first-order valence-corrected chi connectivity index (χ1v) is 3.75. The SMILES string of the molecule is COc1cc(OC(N)=O)ccc1C. The van der Waals surface area contributed by atoms with Crippen LogP contribution < -0.4 is 15.2 Å². The van der Waals surface area contributed by atoms with E-state index < -0.39 is 6.09 Å². The molecule has 0 heterocycles. The molecule has 0 saturated heterocycles. The maximum absolute atomic E-state index is 10.4. The van der Waals surface area contributed by atoms with E-state index >= 15 is 0 Å². The van der Waals surface area contributed by atoms with Gasteiger partial charge in [0.25, 0.3) is 0 Å². The lowest BCUT2D eigenvalue weighted by Crippen LogP contribution is -2.16. The van der Waals surface area contributed by atoms with Crippen LogP contribution in [0.2, 0.25) is 0 Å². The van der Waals surface area contributed by atoms with Crippen LogP contribution in [0.3, 0.4) is 0 Å². The number of hydrogen-bond acceptors (Lipinski definition) is 3. The van der Waals surface area contributed by atoms with Crippen molar-refractivity contribution in [3.05, 3.63) is 23.8 Å². The number of carbonyl (C=O) groups excluding carboxylic acids is 1. The fraction of sp³-hybridized carbons (Fsp3) is 0.222. The summed E-state index contributed by atoms with van der Waals surface area (Å²) < 4.78 is 9.71. The van der Waals surface area contributed by atoms with Gasteiger partial charge in [-0.3, -0.25) is 0 Å². The second kappa shape index (κ2) is 3.80. The topological polar surface area (TPSA) is 61.6 Å². The third-order valence-corrected chi connectivity index (χ3v) is 1.60. The minimum absolute atomic E-state index is 0.384. The van der Waals surface area contributed by atoms with Crippen molar-refractivity contribution in [1.29, 1.82) is 0 Å². The van der Waals surface area contributed by atoms with Crippen molar-refractivity contribution in [2.24, 2.45) is 5.73 Å². The number of carbonyl (C=O) groups is 1. The van der Waals surface area contributed by atoms with Crippen molar-refractivity contribution in [2.75, 3.05) is 7.11 Å². The Morgan fingerprint density at radius 3 is 2.69 bits per heavy atom. The molecule has 0 radical (unpaired) electrons. The summed E-state index contributed by atoms with van der Waals surface area (Å²) >= 11 is 0. The summed E-state index contributed by atoms with van der Waals surface area (Å²) in [5, 5.41) is 0. The van der Waals surface area contributed by atoms with Crippen molar-refractivity contribution < 1.29 is 14.3 Å². The number of benzene rings is 1. The van der Waals surface area contributed by atoms with Gasteiger partial charge in [-0.2, -0.15) is 0 Å². The number of nitrogens with two attached hydrogens (primary N) is 1. The Bertz CT molecular complexity index is 323. The molecule has 1 amide bonds. The summed E-state index contributed by atoms with van der Waals surface area (Å²) in [7, 11) is 1.55. The summed E-state index contributed by atoms with van der Waals surface area (Å²) in [5.74, 6) is 1.05. The fourth-order valence-corrected chi connectivity index (χ4v) is 0.980. The zero-order valence-electron chi connectivity index (χ0n) is 7.53. The van der Waals surface area contributed by atoms with Gasteiger partial charge in [0.15, 0.2) is 0 Å². The third kappa shape index (κ3) is 2.37. The smallest absolute Gasteiger partial charge is 0.409 e. The lowest BCUT2D eigenvalue weighted by atomic mass is 10.2. The average Bonchev–Trinajstić information content (AvgIpc) is 2.07. The van der Waals surface area contributed by atoms with E-state index in [1.807, 2.05) is 6.92 Å². The Kier molecular flexibility index (Phi) is 2.74. The van der Waals surface area contributed by atoms with Gasteiger partial charge in [-0.05, 0) is 18.6 Å². The van der Waals surface area contributed by atoms with Gasteiger partial charge < -0.3 is 15.2 Å². The van der Waals surface area contributed by atoms with Crippen LogP contribution in [0.5, 0.6) is 11.5 Å². The van der Waals surface area contributed by atoms with E-state index in [1.54, 1.807) is 25.3 Å². The lowest BCUT2D eigenvalue weighted by Gasteiger charge is -2.06. The van der Waals surface area contributed by atoms with Crippen LogP contribution in [0.1, 0.15) is 5.56 Å². The van der Waals surface area contributed by atoms with Crippen LogP contribution in [0.25, 0.3) is 0 Å². The monoisotopic (exact) mass is 181 g/mol. The maximum atomic E-state index is 10.4. The van der Waals surface area contributed by atoms with Gasteiger partial charge in [0, 0.05) is 6.07 Å². The Morgan fingerprint density at radius 1 is 1.46 bits per heavy atom. The summed E-state index contributed by atoms with van der Waals surface area (Å²) in [6.07, 6.45) is -0.828. The van der Waals surface area contributed by atoms with Gasteiger partial charge in [0.05, 0.1) is 7.11 Å². The molecule has 0 aliphatic heterocycles. The highest BCUT2D eigenvalue weighted by atomic mass is 16.5. The lowest BCUT2D eigenvalue weighted by molar-refractivity contribution is 0.210. The molecule has 1 aromatic carbocycles. The van der Waals surface area contributed by atoms with Crippen molar-refractivity contribution in [3.8, 4) is 11.5 Å².